The van der Waals surface area contributed by atoms with Gasteiger partial charge in [0, 0.05) is 25.4 Å². The summed E-state index contributed by atoms with van der Waals surface area (Å²) in [5, 5.41) is 7.44. The minimum absolute atomic E-state index is 0.0967. The zero-order chi connectivity index (χ0) is 16.2. The Kier molecular flexibility index (Phi) is 5.33. The summed E-state index contributed by atoms with van der Waals surface area (Å²) < 4.78 is 7.57. The molecule has 0 aromatic carbocycles. The standard InChI is InChI=1S/C17H28N4O2/c1-13-9-19-20(11-13)12-15-5-3-7-21(15)14(2)17(22)18-10-16-6-4-8-23-16/h9,11,14-16H,3-8,10,12H2,1-2H3,(H,18,22)/t14-,15-,16+/m0/s1. The average Bonchev–Trinajstić information content (AvgIpc) is 3.27. The molecule has 0 unspecified atom stereocenters. The van der Waals surface area contributed by atoms with Crippen LogP contribution in [0.2, 0.25) is 0 Å². The molecule has 0 bridgehead atoms. The van der Waals surface area contributed by atoms with Crippen molar-refractivity contribution in [2.75, 3.05) is 19.7 Å². The lowest BCUT2D eigenvalue weighted by molar-refractivity contribution is -0.126. The molecule has 3 heterocycles. The molecule has 2 saturated heterocycles. The van der Waals surface area contributed by atoms with E-state index >= 15 is 0 Å². The quantitative estimate of drug-likeness (QED) is 0.859. The van der Waals surface area contributed by atoms with Crippen molar-refractivity contribution < 1.29 is 9.53 Å². The van der Waals surface area contributed by atoms with Gasteiger partial charge in [-0.05, 0) is 51.6 Å². The zero-order valence-corrected chi connectivity index (χ0v) is 14.2. The number of carbonyl (C=O) groups excluding carboxylic acids is 1. The van der Waals surface area contributed by atoms with Crippen molar-refractivity contribution in [1.29, 1.82) is 0 Å². The highest BCUT2D eigenvalue weighted by Crippen LogP contribution is 2.22. The summed E-state index contributed by atoms with van der Waals surface area (Å²) in [5.41, 5.74) is 1.18. The number of hydrogen-bond donors (Lipinski definition) is 1. The molecule has 23 heavy (non-hydrogen) atoms. The van der Waals surface area contributed by atoms with E-state index in [0.717, 1.165) is 45.4 Å². The summed E-state index contributed by atoms with van der Waals surface area (Å²) in [6, 6.07) is 0.290. The van der Waals surface area contributed by atoms with Crippen molar-refractivity contribution >= 4 is 5.91 Å². The van der Waals surface area contributed by atoms with Crippen LogP contribution in [0.5, 0.6) is 0 Å². The van der Waals surface area contributed by atoms with Gasteiger partial charge in [-0.1, -0.05) is 0 Å². The minimum atomic E-state index is -0.0967. The van der Waals surface area contributed by atoms with Crippen molar-refractivity contribution in [1.82, 2.24) is 20.0 Å². The van der Waals surface area contributed by atoms with Gasteiger partial charge in [0.25, 0.3) is 0 Å². The molecule has 1 amide bonds. The number of nitrogens with one attached hydrogen (secondary N) is 1. The first-order chi connectivity index (χ1) is 11.1. The molecule has 128 valence electrons. The summed E-state index contributed by atoms with van der Waals surface area (Å²) in [4.78, 5) is 14.8. The number of rotatable bonds is 6. The van der Waals surface area contributed by atoms with Crippen LogP contribution in [0.25, 0.3) is 0 Å². The fourth-order valence-corrected chi connectivity index (χ4v) is 3.66. The highest BCUT2D eigenvalue weighted by molar-refractivity contribution is 5.81. The normalized spacial score (nSPS) is 26.5. The third-order valence-corrected chi connectivity index (χ3v) is 4.99. The molecule has 2 aliphatic heterocycles. The number of aryl methyl sites for hydroxylation is 1. The number of hydrogen-bond acceptors (Lipinski definition) is 4. The second kappa shape index (κ2) is 7.45. The number of amides is 1. The van der Waals surface area contributed by atoms with Gasteiger partial charge in [0.2, 0.25) is 5.91 Å². The van der Waals surface area contributed by atoms with Gasteiger partial charge >= 0.3 is 0 Å². The SMILES string of the molecule is Cc1cnn(C[C@@H]2CCCN2[C@@H](C)C(=O)NC[C@H]2CCCO2)c1. The maximum Gasteiger partial charge on any atom is 0.237 e. The van der Waals surface area contributed by atoms with Crippen molar-refractivity contribution in [3.05, 3.63) is 18.0 Å². The fraction of sp³-hybridized carbons (Fsp3) is 0.765. The predicted molar refractivity (Wildman–Crippen MR) is 88.1 cm³/mol. The van der Waals surface area contributed by atoms with Crippen LogP contribution in [0.1, 0.15) is 38.2 Å². The zero-order valence-electron chi connectivity index (χ0n) is 14.2. The van der Waals surface area contributed by atoms with Crippen molar-refractivity contribution in [2.24, 2.45) is 0 Å². The van der Waals surface area contributed by atoms with Crippen LogP contribution in [0.15, 0.2) is 12.4 Å². The number of ether oxygens (including phenoxy) is 1. The summed E-state index contributed by atoms with van der Waals surface area (Å²) in [6.45, 7) is 7.37. The average molecular weight is 320 g/mol. The Bertz CT molecular complexity index is 524. The van der Waals surface area contributed by atoms with E-state index in [1.54, 1.807) is 0 Å². The Balaban J connectivity index is 1.52. The number of nitrogens with zero attached hydrogens (tertiary/aromatic N) is 3. The Hall–Kier alpha value is -1.40. The lowest BCUT2D eigenvalue weighted by atomic mass is 10.1. The van der Waals surface area contributed by atoms with Gasteiger partial charge in [-0.15, -0.1) is 0 Å². The second-order valence-electron chi connectivity index (χ2n) is 6.83. The molecule has 1 aromatic rings. The van der Waals surface area contributed by atoms with Crippen LogP contribution < -0.4 is 5.32 Å². The van der Waals surface area contributed by atoms with Crippen LogP contribution in [0.3, 0.4) is 0 Å². The lowest BCUT2D eigenvalue weighted by Gasteiger charge is -2.30. The van der Waals surface area contributed by atoms with E-state index in [-0.39, 0.29) is 18.1 Å². The molecule has 1 aromatic heterocycles. The Morgan fingerprint density at radius 1 is 1.48 bits per heavy atom. The van der Waals surface area contributed by atoms with Gasteiger partial charge in [-0.2, -0.15) is 5.10 Å². The highest BCUT2D eigenvalue weighted by Gasteiger charge is 2.32. The Morgan fingerprint density at radius 3 is 3.04 bits per heavy atom. The molecule has 3 atom stereocenters. The third kappa shape index (κ3) is 4.12. The third-order valence-electron chi connectivity index (χ3n) is 4.99. The molecule has 1 N–H and O–H groups in total. The molecule has 2 aliphatic rings. The van der Waals surface area contributed by atoms with Gasteiger partial charge in [-0.3, -0.25) is 14.4 Å². The molecule has 2 fully saturated rings. The van der Waals surface area contributed by atoms with Crippen molar-refractivity contribution in [3.8, 4) is 0 Å². The maximum absolute atomic E-state index is 12.5. The maximum atomic E-state index is 12.5. The molecular formula is C17H28N4O2. The van der Waals surface area contributed by atoms with Crippen LogP contribution in [0.4, 0.5) is 0 Å². The Labute approximate surface area is 138 Å². The molecular weight excluding hydrogens is 292 g/mol. The minimum Gasteiger partial charge on any atom is -0.376 e. The van der Waals surface area contributed by atoms with Crippen LogP contribution in [0, 0.1) is 6.92 Å². The van der Waals surface area contributed by atoms with Crippen molar-refractivity contribution in [3.63, 3.8) is 0 Å². The van der Waals surface area contributed by atoms with E-state index in [4.69, 9.17) is 4.74 Å². The van der Waals surface area contributed by atoms with Gasteiger partial charge in [0.05, 0.1) is 24.9 Å². The first kappa shape index (κ1) is 16.5. The molecule has 0 aliphatic carbocycles. The molecule has 3 rings (SSSR count). The molecule has 0 radical (unpaired) electrons. The van der Waals surface area contributed by atoms with E-state index in [1.807, 2.05) is 17.8 Å². The number of carbonyl (C=O) groups is 1. The molecule has 6 heteroatoms. The summed E-state index contributed by atoms with van der Waals surface area (Å²) in [5.74, 6) is 0.115. The Morgan fingerprint density at radius 2 is 2.35 bits per heavy atom. The van der Waals surface area contributed by atoms with Crippen LogP contribution >= 0.6 is 0 Å². The second-order valence-corrected chi connectivity index (χ2v) is 6.83. The van der Waals surface area contributed by atoms with E-state index in [9.17, 15) is 4.79 Å². The predicted octanol–water partition coefficient (Wildman–Crippen LogP) is 1.34. The monoisotopic (exact) mass is 320 g/mol. The van der Waals surface area contributed by atoms with Crippen molar-refractivity contribution in [2.45, 2.75) is 64.3 Å². The van der Waals surface area contributed by atoms with Gasteiger partial charge in [0.1, 0.15) is 0 Å². The van der Waals surface area contributed by atoms with Gasteiger partial charge < -0.3 is 10.1 Å². The van der Waals surface area contributed by atoms with E-state index in [1.165, 1.54) is 5.56 Å². The summed E-state index contributed by atoms with van der Waals surface area (Å²) in [7, 11) is 0. The topological polar surface area (TPSA) is 59.4 Å². The van der Waals surface area contributed by atoms with E-state index < -0.39 is 0 Å². The summed E-state index contributed by atoms with van der Waals surface area (Å²) in [6.07, 6.45) is 8.59. The van der Waals surface area contributed by atoms with E-state index in [2.05, 4.69) is 28.4 Å². The molecule has 0 saturated carbocycles. The van der Waals surface area contributed by atoms with Crippen LogP contribution in [-0.4, -0.2) is 58.5 Å². The van der Waals surface area contributed by atoms with Gasteiger partial charge in [-0.25, -0.2) is 0 Å². The van der Waals surface area contributed by atoms with Crippen LogP contribution in [-0.2, 0) is 16.1 Å². The smallest absolute Gasteiger partial charge is 0.237 e. The van der Waals surface area contributed by atoms with Gasteiger partial charge in [0.15, 0.2) is 0 Å². The first-order valence-corrected chi connectivity index (χ1v) is 8.77. The number of aromatic nitrogens is 2. The lowest BCUT2D eigenvalue weighted by Crippen LogP contribution is -2.49. The fourth-order valence-electron chi connectivity index (χ4n) is 3.66. The first-order valence-electron chi connectivity index (χ1n) is 8.77. The highest BCUT2D eigenvalue weighted by atomic mass is 16.5. The van der Waals surface area contributed by atoms with E-state index in [0.29, 0.717) is 12.6 Å². The number of likely N-dealkylation sites (tertiary alicyclic amines) is 1. The molecule has 0 spiro atoms. The molecule has 6 nitrogen and oxygen atoms in total. The summed E-state index contributed by atoms with van der Waals surface area (Å²) >= 11 is 0. The largest absolute Gasteiger partial charge is 0.376 e.